The number of aliphatic hydroxyl groups is 1. The van der Waals surface area contributed by atoms with Crippen LogP contribution in [0.25, 0.3) is 0 Å². The summed E-state index contributed by atoms with van der Waals surface area (Å²) in [6.07, 6.45) is -0.636. The zero-order chi connectivity index (χ0) is 10.6. The quantitative estimate of drug-likeness (QED) is 0.551. The molecule has 2 heteroatoms. The van der Waals surface area contributed by atoms with E-state index in [9.17, 15) is 5.11 Å². The molecule has 0 aromatic heterocycles. The van der Waals surface area contributed by atoms with Crippen molar-refractivity contribution in [1.82, 2.24) is 0 Å². The Morgan fingerprint density at radius 1 is 1.14 bits per heavy atom. The van der Waals surface area contributed by atoms with Crippen LogP contribution in [0.5, 0.6) is 0 Å². The van der Waals surface area contributed by atoms with Crippen molar-refractivity contribution in [2.45, 2.75) is 25.7 Å². The number of rotatable bonds is 1. The maximum absolute atomic E-state index is 9.73. The molecule has 0 fully saturated rings. The molecule has 1 atom stereocenters. The third kappa shape index (κ3) is 3.78. The fraction of sp³-hybridized carbons (Fsp3) is 0.333. The van der Waals surface area contributed by atoms with Gasteiger partial charge in [-0.25, -0.2) is 0 Å². The van der Waals surface area contributed by atoms with Gasteiger partial charge in [-0.1, -0.05) is 55.9 Å². The Morgan fingerprint density at radius 3 is 2.21 bits per heavy atom. The molecule has 1 rings (SSSR count). The van der Waals surface area contributed by atoms with E-state index >= 15 is 0 Å². The van der Waals surface area contributed by atoms with Gasteiger partial charge < -0.3 is 5.11 Å². The highest BCUT2D eigenvalue weighted by molar-refractivity contribution is 6.83. The molecule has 0 unspecified atom stereocenters. The minimum Gasteiger partial charge on any atom is -0.376 e. The van der Waals surface area contributed by atoms with E-state index in [0.717, 1.165) is 5.56 Å². The molecular weight excluding hydrogens is 188 g/mol. The smallest absolute Gasteiger partial charge is 0.139 e. The average molecular weight is 204 g/mol. The molecule has 0 radical (unpaired) electrons. The molecule has 0 aliphatic heterocycles. The zero-order valence-corrected chi connectivity index (χ0v) is 9.91. The summed E-state index contributed by atoms with van der Waals surface area (Å²) in [5.41, 5.74) is 4.03. The molecule has 0 bridgehead atoms. The van der Waals surface area contributed by atoms with Crippen molar-refractivity contribution in [3.05, 3.63) is 35.9 Å². The summed E-state index contributed by atoms with van der Waals surface area (Å²) in [5, 5.41) is 9.73. The van der Waals surface area contributed by atoms with E-state index in [1.807, 2.05) is 30.3 Å². The van der Waals surface area contributed by atoms with Gasteiger partial charge >= 0.3 is 0 Å². The summed E-state index contributed by atoms with van der Waals surface area (Å²) in [6, 6.07) is 9.54. The van der Waals surface area contributed by atoms with Crippen molar-refractivity contribution in [3.63, 3.8) is 0 Å². The van der Waals surface area contributed by atoms with Gasteiger partial charge in [-0.05, 0) is 5.56 Å². The van der Waals surface area contributed by atoms with Gasteiger partial charge in [-0.2, -0.15) is 0 Å². The van der Waals surface area contributed by atoms with E-state index in [0.29, 0.717) is 0 Å². The second kappa shape index (κ2) is 4.45. The SMILES string of the molecule is C[Si](C)(C)C#C[C@@H](O)c1ccccc1. The molecule has 0 aliphatic carbocycles. The lowest BCUT2D eigenvalue weighted by Gasteiger charge is -2.06. The summed E-state index contributed by atoms with van der Waals surface area (Å²) in [4.78, 5) is 0. The van der Waals surface area contributed by atoms with E-state index in [4.69, 9.17) is 0 Å². The summed E-state index contributed by atoms with van der Waals surface area (Å²) in [7, 11) is -1.37. The molecule has 0 aliphatic rings. The first-order valence-corrected chi connectivity index (χ1v) is 8.25. The Kier molecular flexibility index (Phi) is 3.51. The molecule has 0 spiro atoms. The molecular formula is C12H16OSi. The lowest BCUT2D eigenvalue weighted by molar-refractivity contribution is 0.238. The Balaban J connectivity index is 2.76. The lowest BCUT2D eigenvalue weighted by atomic mass is 10.1. The Morgan fingerprint density at radius 2 is 1.71 bits per heavy atom. The third-order valence-electron chi connectivity index (χ3n) is 1.70. The summed E-state index contributed by atoms with van der Waals surface area (Å²) < 4.78 is 0. The zero-order valence-electron chi connectivity index (χ0n) is 8.91. The predicted octanol–water partition coefficient (Wildman–Crippen LogP) is 2.60. The highest BCUT2D eigenvalue weighted by atomic mass is 28.3. The van der Waals surface area contributed by atoms with Crippen molar-refractivity contribution in [1.29, 1.82) is 0 Å². The topological polar surface area (TPSA) is 20.2 Å². The second-order valence-electron chi connectivity index (χ2n) is 4.33. The molecule has 0 heterocycles. The van der Waals surface area contributed by atoms with Crippen LogP contribution in [0.1, 0.15) is 11.7 Å². The number of aliphatic hydroxyl groups excluding tert-OH is 1. The normalized spacial score (nSPS) is 12.9. The minimum atomic E-state index is -1.37. The Labute approximate surface area is 86.8 Å². The molecule has 0 saturated carbocycles. The summed E-state index contributed by atoms with van der Waals surface area (Å²) in [5.74, 6) is 2.91. The van der Waals surface area contributed by atoms with Crippen LogP contribution in [0.15, 0.2) is 30.3 Å². The van der Waals surface area contributed by atoms with E-state index in [2.05, 4.69) is 31.1 Å². The van der Waals surface area contributed by atoms with Crippen molar-refractivity contribution in [3.8, 4) is 11.5 Å². The fourth-order valence-corrected chi connectivity index (χ4v) is 1.57. The van der Waals surface area contributed by atoms with Crippen molar-refractivity contribution in [2.24, 2.45) is 0 Å². The minimum absolute atomic E-state index is 0.636. The van der Waals surface area contributed by atoms with E-state index in [1.165, 1.54) is 0 Å². The Hall–Kier alpha value is -1.04. The number of hydrogen-bond acceptors (Lipinski definition) is 1. The van der Waals surface area contributed by atoms with Crippen LogP contribution in [-0.2, 0) is 0 Å². The van der Waals surface area contributed by atoms with E-state index in [-0.39, 0.29) is 0 Å². The van der Waals surface area contributed by atoms with Crippen LogP contribution in [-0.4, -0.2) is 13.2 Å². The fourth-order valence-electron chi connectivity index (χ4n) is 1.00. The molecule has 0 saturated heterocycles. The van der Waals surface area contributed by atoms with Gasteiger partial charge in [0, 0.05) is 0 Å². The number of benzene rings is 1. The van der Waals surface area contributed by atoms with E-state index < -0.39 is 14.2 Å². The van der Waals surface area contributed by atoms with Gasteiger partial charge in [-0.3, -0.25) is 0 Å². The maximum atomic E-state index is 9.73. The predicted molar refractivity (Wildman–Crippen MR) is 62.5 cm³/mol. The van der Waals surface area contributed by atoms with Gasteiger partial charge in [0.15, 0.2) is 0 Å². The van der Waals surface area contributed by atoms with Gasteiger partial charge in [-0.15, -0.1) is 5.54 Å². The highest BCUT2D eigenvalue weighted by Gasteiger charge is 2.09. The van der Waals surface area contributed by atoms with Gasteiger partial charge in [0.2, 0.25) is 0 Å². The molecule has 1 aromatic rings. The van der Waals surface area contributed by atoms with Crippen LogP contribution >= 0.6 is 0 Å². The van der Waals surface area contributed by atoms with Crippen molar-refractivity contribution < 1.29 is 5.11 Å². The first kappa shape index (κ1) is 11.0. The van der Waals surface area contributed by atoms with Crippen LogP contribution in [0.2, 0.25) is 19.6 Å². The van der Waals surface area contributed by atoms with Crippen LogP contribution in [0.4, 0.5) is 0 Å². The Bertz CT molecular complexity index is 340. The molecule has 1 aromatic carbocycles. The monoisotopic (exact) mass is 204 g/mol. The lowest BCUT2D eigenvalue weighted by Crippen LogP contribution is -2.16. The standard InChI is InChI=1S/C12H16OSi/c1-14(2,3)10-9-12(13)11-7-5-4-6-8-11/h4-8,12-13H,1-3H3/t12-/m1/s1. The summed E-state index contributed by atoms with van der Waals surface area (Å²) >= 11 is 0. The number of hydrogen-bond donors (Lipinski definition) is 1. The highest BCUT2D eigenvalue weighted by Crippen LogP contribution is 2.10. The van der Waals surface area contributed by atoms with E-state index in [1.54, 1.807) is 0 Å². The van der Waals surface area contributed by atoms with Crippen LogP contribution in [0.3, 0.4) is 0 Å². The van der Waals surface area contributed by atoms with Gasteiger partial charge in [0.25, 0.3) is 0 Å². The third-order valence-corrected chi connectivity index (χ3v) is 2.59. The first-order chi connectivity index (χ1) is 6.49. The molecule has 0 amide bonds. The van der Waals surface area contributed by atoms with Gasteiger partial charge in [0.05, 0.1) is 0 Å². The molecule has 74 valence electrons. The maximum Gasteiger partial charge on any atom is 0.139 e. The average Bonchev–Trinajstić information content (AvgIpc) is 2.14. The summed E-state index contributed by atoms with van der Waals surface area (Å²) in [6.45, 7) is 6.49. The largest absolute Gasteiger partial charge is 0.376 e. The van der Waals surface area contributed by atoms with Crippen molar-refractivity contribution >= 4 is 8.07 Å². The van der Waals surface area contributed by atoms with Crippen LogP contribution < -0.4 is 0 Å². The van der Waals surface area contributed by atoms with Gasteiger partial charge in [0.1, 0.15) is 14.2 Å². The molecule has 1 N–H and O–H groups in total. The van der Waals surface area contributed by atoms with Crippen molar-refractivity contribution in [2.75, 3.05) is 0 Å². The second-order valence-corrected chi connectivity index (χ2v) is 9.08. The molecule has 1 nitrogen and oxygen atoms in total. The first-order valence-electron chi connectivity index (χ1n) is 4.75. The molecule has 14 heavy (non-hydrogen) atoms. The van der Waals surface area contributed by atoms with Crippen LogP contribution in [0, 0.1) is 11.5 Å².